The standard InChI is InChI=1S/C20H21N3/c1-15(18-11-6-7-14-21-18)22-16(2)19-12-8-13-20(23-19)17-9-4-3-5-10-17/h3-16,22H,1-2H3/t15-,16-/m0/s1. The summed E-state index contributed by atoms with van der Waals surface area (Å²) in [6, 6.07) is 22.7. The fraction of sp³-hybridized carbons (Fsp3) is 0.200. The van der Waals surface area contributed by atoms with Crippen LogP contribution in [0.2, 0.25) is 0 Å². The fourth-order valence-corrected chi connectivity index (χ4v) is 2.64. The number of aromatic nitrogens is 2. The van der Waals surface area contributed by atoms with Gasteiger partial charge in [-0.15, -0.1) is 0 Å². The van der Waals surface area contributed by atoms with E-state index in [1.165, 1.54) is 0 Å². The SMILES string of the molecule is C[C@H](N[C@@H](C)c1cccc(-c2ccccc2)n1)c1ccccn1. The van der Waals surface area contributed by atoms with E-state index in [9.17, 15) is 0 Å². The van der Waals surface area contributed by atoms with Gasteiger partial charge in [0.15, 0.2) is 0 Å². The maximum atomic E-state index is 4.81. The summed E-state index contributed by atoms with van der Waals surface area (Å²) in [4.78, 5) is 9.21. The van der Waals surface area contributed by atoms with Crippen LogP contribution in [0.15, 0.2) is 72.9 Å². The van der Waals surface area contributed by atoms with Crippen LogP contribution in [0.5, 0.6) is 0 Å². The smallest absolute Gasteiger partial charge is 0.0706 e. The lowest BCUT2D eigenvalue weighted by molar-refractivity contribution is 0.479. The predicted molar refractivity (Wildman–Crippen MR) is 93.9 cm³/mol. The topological polar surface area (TPSA) is 37.8 Å². The van der Waals surface area contributed by atoms with Crippen LogP contribution in [-0.2, 0) is 0 Å². The predicted octanol–water partition coefficient (Wildman–Crippen LogP) is 4.56. The highest BCUT2D eigenvalue weighted by Gasteiger charge is 2.13. The molecular weight excluding hydrogens is 282 g/mol. The summed E-state index contributed by atoms with van der Waals surface area (Å²) in [6.45, 7) is 4.26. The molecule has 116 valence electrons. The number of hydrogen-bond donors (Lipinski definition) is 1. The summed E-state index contributed by atoms with van der Waals surface area (Å²) >= 11 is 0. The number of benzene rings is 1. The van der Waals surface area contributed by atoms with Gasteiger partial charge in [0.2, 0.25) is 0 Å². The zero-order valence-electron chi connectivity index (χ0n) is 13.5. The molecule has 0 saturated carbocycles. The first kappa shape index (κ1) is 15.4. The highest BCUT2D eigenvalue weighted by molar-refractivity contribution is 5.58. The maximum absolute atomic E-state index is 4.81. The summed E-state index contributed by atoms with van der Waals surface area (Å²) in [5, 5.41) is 3.57. The van der Waals surface area contributed by atoms with Gasteiger partial charge in [0, 0.05) is 23.8 Å². The molecule has 1 N–H and O–H groups in total. The van der Waals surface area contributed by atoms with Crippen molar-refractivity contribution in [3.05, 3.63) is 84.3 Å². The number of nitrogens with one attached hydrogen (secondary N) is 1. The Kier molecular flexibility index (Phi) is 4.79. The first-order valence-corrected chi connectivity index (χ1v) is 7.93. The van der Waals surface area contributed by atoms with Gasteiger partial charge >= 0.3 is 0 Å². The Balaban J connectivity index is 1.76. The first-order chi connectivity index (χ1) is 11.2. The quantitative estimate of drug-likeness (QED) is 0.751. The molecule has 0 aliphatic heterocycles. The molecule has 0 aliphatic rings. The summed E-state index contributed by atoms with van der Waals surface area (Å²) in [5.74, 6) is 0. The number of hydrogen-bond acceptors (Lipinski definition) is 3. The molecule has 3 rings (SSSR count). The summed E-state index contributed by atoms with van der Waals surface area (Å²) in [7, 11) is 0. The Morgan fingerprint density at radius 3 is 2.17 bits per heavy atom. The van der Waals surface area contributed by atoms with Gasteiger partial charge in [-0.05, 0) is 38.1 Å². The normalized spacial score (nSPS) is 13.5. The molecule has 0 bridgehead atoms. The van der Waals surface area contributed by atoms with Crippen molar-refractivity contribution in [2.24, 2.45) is 0 Å². The van der Waals surface area contributed by atoms with Crippen LogP contribution >= 0.6 is 0 Å². The third-order valence-electron chi connectivity index (χ3n) is 3.92. The van der Waals surface area contributed by atoms with Crippen LogP contribution in [0, 0.1) is 0 Å². The molecule has 0 saturated heterocycles. The van der Waals surface area contributed by atoms with E-state index in [-0.39, 0.29) is 12.1 Å². The third-order valence-corrected chi connectivity index (χ3v) is 3.92. The molecule has 1 aromatic carbocycles. The molecule has 23 heavy (non-hydrogen) atoms. The lowest BCUT2D eigenvalue weighted by Crippen LogP contribution is -2.23. The van der Waals surface area contributed by atoms with Crippen molar-refractivity contribution in [2.75, 3.05) is 0 Å². The molecule has 2 aromatic heterocycles. The minimum Gasteiger partial charge on any atom is -0.301 e. The van der Waals surface area contributed by atoms with Crippen molar-refractivity contribution in [1.82, 2.24) is 15.3 Å². The second-order valence-corrected chi connectivity index (χ2v) is 5.68. The second-order valence-electron chi connectivity index (χ2n) is 5.68. The van der Waals surface area contributed by atoms with Crippen LogP contribution in [0.1, 0.15) is 37.3 Å². The second kappa shape index (κ2) is 7.16. The summed E-state index contributed by atoms with van der Waals surface area (Å²) < 4.78 is 0. The molecule has 0 amide bonds. The molecular formula is C20H21N3. The van der Waals surface area contributed by atoms with Gasteiger partial charge in [-0.1, -0.05) is 42.5 Å². The maximum Gasteiger partial charge on any atom is 0.0706 e. The van der Waals surface area contributed by atoms with E-state index in [1.54, 1.807) is 0 Å². The highest BCUT2D eigenvalue weighted by atomic mass is 15.0. The average Bonchev–Trinajstić information content (AvgIpc) is 2.63. The van der Waals surface area contributed by atoms with E-state index in [4.69, 9.17) is 4.98 Å². The van der Waals surface area contributed by atoms with E-state index in [0.717, 1.165) is 22.6 Å². The number of rotatable bonds is 5. The third kappa shape index (κ3) is 3.82. The largest absolute Gasteiger partial charge is 0.301 e. The minimum atomic E-state index is 0.149. The van der Waals surface area contributed by atoms with Crippen LogP contribution in [0.25, 0.3) is 11.3 Å². The van der Waals surface area contributed by atoms with Gasteiger partial charge in [-0.3, -0.25) is 9.97 Å². The van der Waals surface area contributed by atoms with Crippen molar-refractivity contribution in [3.8, 4) is 11.3 Å². The Hall–Kier alpha value is -2.52. The van der Waals surface area contributed by atoms with Crippen molar-refractivity contribution in [3.63, 3.8) is 0 Å². The lowest BCUT2D eigenvalue weighted by Gasteiger charge is -2.19. The highest BCUT2D eigenvalue weighted by Crippen LogP contribution is 2.21. The fourth-order valence-electron chi connectivity index (χ4n) is 2.64. The van der Waals surface area contributed by atoms with Gasteiger partial charge in [-0.2, -0.15) is 0 Å². The summed E-state index contributed by atoms with van der Waals surface area (Å²) in [6.07, 6.45) is 1.83. The molecule has 2 atom stereocenters. The van der Waals surface area contributed by atoms with E-state index in [2.05, 4.69) is 48.4 Å². The molecule has 0 aliphatic carbocycles. The Morgan fingerprint density at radius 2 is 1.43 bits per heavy atom. The van der Waals surface area contributed by atoms with Crippen LogP contribution in [0.3, 0.4) is 0 Å². The molecule has 3 nitrogen and oxygen atoms in total. The van der Waals surface area contributed by atoms with E-state index < -0.39 is 0 Å². The monoisotopic (exact) mass is 303 g/mol. The van der Waals surface area contributed by atoms with Crippen molar-refractivity contribution >= 4 is 0 Å². The molecule has 3 heteroatoms. The minimum absolute atomic E-state index is 0.149. The van der Waals surface area contributed by atoms with E-state index in [1.807, 2.05) is 48.7 Å². The van der Waals surface area contributed by atoms with Crippen LogP contribution < -0.4 is 5.32 Å². The zero-order chi connectivity index (χ0) is 16.1. The van der Waals surface area contributed by atoms with E-state index >= 15 is 0 Å². The van der Waals surface area contributed by atoms with Gasteiger partial charge in [-0.25, -0.2) is 0 Å². The van der Waals surface area contributed by atoms with Crippen molar-refractivity contribution in [1.29, 1.82) is 0 Å². The molecule has 3 aromatic rings. The van der Waals surface area contributed by atoms with Gasteiger partial charge < -0.3 is 5.32 Å². The number of nitrogens with zero attached hydrogens (tertiary/aromatic N) is 2. The van der Waals surface area contributed by atoms with Crippen LogP contribution in [0.4, 0.5) is 0 Å². The van der Waals surface area contributed by atoms with E-state index in [0.29, 0.717) is 0 Å². The lowest BCUT2D eigenvalue weighted by atomic mass is 10.1. The zero-order valence-corrected chi connectivity index (χ0v) is 13.5. The van der Waals surface area contributed by atoms with Crippen molar-refractivity contribution < 1.29 is 0 Å². The Bertz CT molecular complexity index is 741. The Morgan fingerprint density at radius 1 is 0.739 bits per heavy atom. The van der Waals surface area contributed by atoms with Gasteiger partial charge in [0.05, 0.1) is 17.1 Å². The molecule has 0 fully saturated rings. The van der Waals surface area contributed by atoms with Gasteiger partial charge in [0.25, 0.3) is 0 Å². The number of pyridine rings is 2. The Labute approximate surface area is 137 Å². The van der Waals surface area contributed by atoms with Crippen LogP contribution in [-0.4, -0.2) is 9.97 Å². The molecule has 0 unspecified atom stereocenters. The molecule has 2 heterocycles. The average molecular weight is 303 g/mol. The van der Waals surface area contributed by atoms with Crippen molar-refractivity contribution in [2.45, 2.75) is 25.9 Å². The summed E-state index contributed by atoms with van der Waals surface area (Å²) in [5.41, 5.74) is 4.22. The molecule has 0 spiro atoms. The first-order valence-electron chi connectivity index (χ1n) is 7.93. The van der Waals surface area contributed by atoms with Gasteiger partial charge in [0.1, 0.15) is 0 Å². The molecule has 0 radical (unpaired) electrons.